The molecule has 6 nitrogen and oxygen atoms in total. The molecule has 0 unspecified atom stereocenters. The Kier molecular flexibility index (Phi) is 4.53. The molecule has 92 valence electrons. The summed E-state index contributed by atoms with van der Waals surface area (Å²) in [6.07, 6.45) is 0. The minimum atomic E-state index is -0.553. The summed E-state index contributed by atoms with van der Waals surface area (Å²) in [5.41, 5.74) is 6.75. The van der Waals surface area contributed by atoms with E-state index in [4.69, 9.17) is 16.3 Å². The number of benzene rings is 1. The van der Waals surface area contributed by atoms with E-state index in [0.29, 0.717) is 11.4 Å². The van der Waals surface area contributed by atoms with Crippen molar-refractivity contribution in [2.75, 3.05) is 30.8 Å². The van der Waals surface area contributed by atoms with E-state index < -0.39 is 5.97 Å². The van der Waals surface area contributed by atoms with Crippen LogP contribution in [0.15, 0.2) is 18.2 Å². The Morgan fingerprint density at radius 3 is 2.50 bits per heavy atom. The second-order valence-electron chi connectivity index (χ2n) is 3.44. The Balaban J connectivity index is 3.14. The molecule has 1 rings (SSSR count). The highest BCUT2D eigenvalue weighted by molar-refractivity contribution is 5.96. The van der Waals surface area contributed by atoms with Crippen molar-refractivity contribution in [2.24, 2.45) is 0 Å². The molecule has 6 heteroatoms. The van der Waals surface area contributed by atoms with Crippen LogP contribution in [0.3, 0.4) is 0 Å². The lowest BCUT2D eigenvalue weighted by atomic mass is 10.1. The van der Waals surface area contributed by atoms with Gasteiger partial charge in [0.1, 0.15) is 13.1 Å². The number of nitrogens with zero attached hydrogens (tertiary/aromatic N) is 3. The van der Waals surface area contributed by atoms with Crippen molar-refractivity contribution >= 4 is 17.3 Å². The van der Waals surface area contributed by atoms with Crippen molar-refractivity contribution in [3.05, 3.63) is 23.8 Å². The van der Waals surface area contributed by atoms with Crippen LogP contribution in [0.4, 0.5) is 11.4 Å². The van der Waals surface area contributed by atoms with Crippen molar-refractivity contribution in [3.8, 4) is 12.1 Å². The zero-order chi connectivity index (χ0) is 13.5. The first-order valence-electron chi connectivity index (χ1n) is 5.10. The van der Waals surface area contributed by atoms with Gasteiger partial charge in [0.05, 0.1) is 24.8 Å². The number of carbonyl (C=O) groups is 1. The van der Waals surface area contributed by atoms with Crippen molar-refractivity contribution in [2.45, 2.75) is 0 Å². The summed E-state index contributed by atoms with van der Waals surface area (Å²) >= 11 is 0. The number of nitrogen functional groups attached to an aromatic ring is 1. The standard InChI is InChI=1S/C12H12N4O2/c1-18-12(17)10-8-9(2-3-11(10)15)16(6-4-13)7-5-14/h2-3,8H,6-7,15H2,1H3. The molecule has 1 aromatic rings. The van der Waals surface area contributed by atoms with E-state index in [1.165, 1.54) is 18.1 Å². The molecule has 0 saturated heterocycles. The van der Waals surface area contributed by atoms with E-state index in [2.05, 4.69) is 4.74 Å². The lowest BCUT2D eigenvalue weighted by Crippen LogP contribution is -2.24. The largest absolute Gasteiger partial charge is 0.465 e. The molecule has 0 spiro atoms. The Bertz CT molecular complexity index is 512. The van der Waals surface area contributed by atoms with Gasteiger partial charge in [-0.15, -0.1) is 0 Å². The number of methoxy groups -OCH3 is 1. The van der Waals surface area contributed by atoms with E-state index in [1.807, 2.05) is 12.1 Å². The number of nitriles is 2. The molecule has 0 atom stereocenters. The minimum Gasteiger partial charge on any atom is -0.465 e. The molecule has 0 bridgehead atoms. The van der Waals surface area contributed by atoms with Gasteiger partial charge in [-0.25, -0.2) is 4.79 Å². The van der Waals surface area contributed by atoms with Crippen LogP contribution >= 0.6 is 0 Å². The van der Waals surface area contributed by atoms with Crippen molar-refractivity contribution < 1.29 is 9.53 Å². The molecule has 0 heterocycles. The van der Waals surface area contributed by atoms with Gasteiger partial charge in [-0.3, -0.25) is 0 Å². The molecular weight excluding hydrogens is 232 g/mol. The number of ether oxygens (including phenoxy) is 1. The van der Waals surface area contributed by atoms with E-state index in [0.717, 1.165) is 0 Å². The van der Waals surface area contributed by atoms with Crippen LogP contribution in [0.1, 0.15) is 10.4 Å². The predicted molar refractivity (Wildman–Crippen MR) is 65.6 cm³/mol. The van der Waals surface area contributed by atoms with E-state index in [1.54, 1.807) is 12.1 Å². The number of rotatable bonds is 4. The van der Waals surface area contributed by atoms with E-state index >= 15 is 0 Å². The maximum atomic E-state index is 11.5. The summed E-state index contributed by atoms with van der Waals surface area (Å²) in [4.78, 5) is 13.0. The molecule has 0 amide bonds. The summed E-state index contributed by atoms with van der Waals surface area (Å²) in [5.74, 6) is -0.553. The van der Waals surface area contributed by atoms with Crippen LogP contribution in [0.2, 0.25) is 0 Å². The molecule has 2 N–H and O–H groups in total. The number of esters is 1. The highest BCUT2D eigenvalue weighted by Gasteiger charge is 2.13. The number of nitrogens with two attached hydrogens (primary N) is 1. The van der Waals surface area contributed by atoms with Gasteiger partial charge in [0.25, 0.3) is 0 Å². The number of hydrogen-bond acceptors (Lipinski definition) is 6. The predicted octanol–water partition coefficient (Wildman–Crippen LogP) is 0.909. The van der Waals surface area contributed by atoms with E-state index in [-0.39, 0.29) is 18.7 Å². The van der Waals surface area contributed by atoms with Gasteiger partial charge in [0, 0.05) is 11.4 Å². The maximum Gasteiger partial charge on any atom is 0.340 e. The zero-order valence-corrected chi connectivity index (χ0v) is 9.88. The van der Waals surface area contributed by atoms with Crippen LogP contribution < -0.4 is 10.6 Å². The fourth-order valence-electron chi connectivity index (χ4n) is 1.44. The second kappa shape index (κ2) is 6.12. The average molecular weight is 244 g/mol. The first-order valence-corrected chi connectivity index (χ1v) is 5.10. The Morgan fingerprint density at radius 1 is 1.39 bits per heavy atom. The third kappa shape index (κ3) is 2.89. The minimum absolute atomic E-state index is 0.0537. The van der Waals surface area contributed by atoms with E-state index in [9.17, 15) is 4.79 Å². The molecule has 0 aliphatic rings. The van der Waals surface area contributed by atoms with Crippen LogP contribution in [0.25, 0.3) is 0 Å². The molecule has 0 fully saturated rings. The number of hydrogen-bond donors (Lipinski definition) is 1. The third-order valence-corrected chi connectivity index (χ3v) is 2.33. The van der Waals surface area contributed by atoms with Gasteiger partial charge in [-0.05, 0) is 18.2 Å². The highest BCUT2D eigenvalue weighted by Crippen LogP contribution is 2.21. The fraction of sp³-hybridized carbons (Fsp3) is 0.250. The van der Waals surface area contributed by atoms with Crippen molar-refractivity contribution in [3.63, 3.8) is 0 Å². The van der Waals surface area contributed by atoms with Crippen molar-refractivity contribution in [1.82, 2.24) is 0 Å². The smallest absolute Gasteiger partial charge is 0.340 e. The SMILES string of the molecule is COC(=O)c1cc(N(CC#N)CC#N)ccc1N. The first kappa shape index (κ1) is 13.3. The average Bonchev–Trinajstić information content (AvgIpc) is 2.38. The monoisotopic (exact) mass is 244 g/mol. The number of carbonyl (C=O) groups excluding carboxylic acids is 1. The van der Waals surface area contributed by atoms with Gasteiger partial charge in [-0.2, -0.15) is 10.5 Å². The lowest BCUT2D eigenvalue weighted by Gasteiger charge is -2.19. The molecule has 0 radical (unpaired) electrons. The summed E-state index contributed by atoms with van der Waals surface area (Å²) in [6.45, 7) is 0.107. The topological polar surface area (TPSA) is 103 Å². The molecular formula is C12H12N4O2. The second-order valence-corrected chi connectivity index (χ2v) is 3.44. The molecule has 0 aliphatic heterocycles. The molecule has 0 aromatic heterocycles. The summed E-state index contributed by atoms with van der Waals surface area (Å²) < 4.78 is 4.60. The van der Waals surface area contributed by atoms with Crippen LogP contribution in [0, 0.1) is 22.7 Å². The summed E-state index contributed by atoms with van der Waals surface area (Å²) in [6, 6.07) is 8.62. The Hall–Kier alpha value is -2.73. The van der Waals surface area contributed by atoms with Crippen LogP contribution in [-0.2, 0) is 4.74 Å². The maximum absolute atomic E-state index is 11.5. The lowest BCUT2D eigenvalue weighted by molar-refractivity contribution is 0.0602. The quantitative estimate of drug-likeness (QED) is 0.479. The van der Waals surface area contributed by atoms with Gasteiger partial charge in [0.15, 0.2) is 0 Å². The Morgan fingerprint density at radius 2 is 2.00 bits per heavy atom. The first-order chi connectivity index (χ1) is 8.63. The molecule has 0 aliphatic carbocycles. The zero-order valence-electron chi connectivity index (χ0n) is 9.88. The molecule has 0 saturated carbocycles. The Labute approximate surface area is 105 Å². The summed E-state index contributed by atoms with van der Waals surface area (Å²) in [5, 5.41) is 17.4. The van der Waals surface area contributed by atoms with Crippen molar-refractivity contribution in [1.29, 1.82) is 10.5 Å². The van der Waals surface area contributed by atoms with Crippen LogP contribution in [-0.4, -0.2) is 26.2 Å². The van der Waals surface area contributed by atoms with Gasteiger partial charge >= 0.3 is 5.97 Å². The molecule has 1 aromatic carbocycles. The van der Waals surface area contributed by atoms with Gasteiger partial charge in [0.2, 0.25) is 0 Å². The fourth-order valence-corrected chi connectivity index (χ4v) is 1.44. The van der Waals surface area contributed by atoms with Gasteiger partial charge < -0.3 is 15.4 Å². The van der Waals surface area contributed by atoms with Crippen LogP contribution in [0.5, 0.6) is 0 Å². The number of anilines is 2. The normalized spacial score (nSPS) is 9.06. The third-order valence-electron chi connectivity index (χ3n) is 2.33. The molecule has 18 heavy (non-hydrogen) atoms. The highest BCUT2D eigenvalue weighted by atomic mass is 16.5. The summed E-state index contributed by atoms with van der Waals surface area (Å²) in [7, 11) is 1.26. The van der Waals surface area contributed by atoms with Gasteiger partial charge in [-0.1, -0.05) is 0 Å².